The van der Waals surface area contributed by atoms with E-state index in [-0.39, 0.29) is 30.8 Å². The van der Waals surface area contributed by atoms with Gasteiger partial charge in [0.05, 0.1) is 24.5 Å². The fourth-order valence-corrected chi connectivity index (χ4v) is 7.15. The SMILES string of the molecule is CN(C)CC(=O)NCC(=O)N1CCC[C@H]1C(=O)Nc1ccc(Cc2cc(N(C)C)cc3c2N(C(=O)O)c2ccc(N(C)C)cc2S3)cc1. The molecule has 4 amide bonds. The van der Waals surface area contributed by atoms with Gasteiger partial charge in [-0.15, -0.1) is 0 Å². The van der Waals surface area contributed by atoms with E-state index in [2.05, 4.69) is 10.6 Å². The first-order chi connectivity index (χ1) is 22.8. The van der Waals surface area contributed by atoms with Crippen molar-refractivity contribution >= 4 is 64.0 Å². The maximum Gasteiger partial charge on any atom is 0.416 e. The standard InChI is InChI=1S/C35H43N7O5S/c1-38(2)21-31(43)36-20-32(44)41-15-7-8-28(41)34(45)37-24-11-9-22(10-12-24)16-23-17-26(40(5)6)19-30-33(23)42(35(46)47)27-14-13-25(39(3)4)18-29(27)48-30/h9-14,17-19,28H,7-8,15-16,20-21H2,1-6H3,(H,36,43)(H,37,45)(H,46,47)/t28-/m0/s1. The zero-order chi connectivity index (χ0) is 34.7. The molecule has 0 bridgehead atoms. The Hall–Kier alpha value is -4.75. The van der Waals surface area contributed by atoms with E-state index in [4.69, 9.17) is 0 Å². The largest absolute Gasteiger partial charge is 0.464 e. The molecule has 48 heavy (non-hydrogen) atoms. The summed E-state index contributed by atoms with van der Waals surface area (Å²) in [5.41, 5.74) is 5.62. The summed E-state index contributed by atoms with van der Waals surface area (Å²) in [7, 11) is 11.4. The molecule has 0 aromatic heterocycles. The zero-order valence-corrected chi connectivity index (χ0v) is 29.1. The first-order valence-corrected chi connectivity index (χ1v) is 16.6. The van der Waals surface area contributed by atoms with Crippen molar-refractivity contribution in [3.63, 3.8) is 0 Å². The van der Waals surface area contributed by atoms with Gasteiger partial charge in [0, 0.05) is 61.6 Å². The Kier molecular flexibility index (Phi) is 10.5. The van der Waals surface area contributed by atoms with Gasteiger partial charge in [0.15, 0.2) is 0 Å². The Labute approximate surface area is 285 Å². The molecule has 1 atom stereocenters. The summed E-state index contributed by atoms with van der Waals surface area (Å²) in [6.07, 6.45) is 0.671. The second-order valence-corrected chi connectivity index (χ2v) is 13.8. The molecule has 2 aliphatic rings. The summed E-state index contributed by atoms with van der Waals surface area (Å²) >= 11 is 1.57. The molecule has 0 saturated carbocycles. The number of benzene rings is 3. The number of fused-ring (bicyclic) bond motifs is 2. The van der Waals surface area contributed by atoms with Gasteiger partial charge in [0.25, 0.3) is 0 Å². The molecule has 1 saturated heterocycles. The maximum atomic E-state index is 13.2. The minimum Gasteiger partial charge on any atom is -0.464 e. The number of carbonyl (C=O) groups is 4. The molecule has 0 unspecified atom stereocenters. The first-order valence-electron chi connectivity index (χ1n) is 15.8. The fourth-order valence-electron chi connectivity index (χ4n) is 5.97. The van der Waals surface area contributed by atoms with Gasteiger partial charge in [-0.2, -0.15) is 0 Å². The third kappa shape index (κ3) is 7.69. The second kappa shape index (κ2) is 14.6. The summed E-state index contributed by atoms with van der Waals surface area (Å²) in [5, 5.41) is 16.0. The molecule has 12 nitrogen and oxygen atoms in total. The van der Waals surface area contributed by atoms with Gasteiger partial charge >= 0.3 is 6.09 Å². The number of nitrogens with zero attached hydrogens (tertiary/aromatic N) is 5. The maximum absolute atomic E-state index is 13.2. The lowest BCUT2D eigenvalue weighted by Crippen LogP contribution is -2.48. The van der Waals surface area contributed by atoms with E-state index in [9.17, 15) is 24.3 Å². The lowest BCUT2D eigenvalue weighted by atomic mass is 10.0. The van der Waals surface area contributed by atoms with Crippen LogP contribution in [0.15, 0.2) is 64.4 Å². The van der Waals surface area contributed by atoms with Crippen LogP contribution in [0.5, 0.6) is 0 Å². The molecular weight excluding hydrogens is 630 g/mol. The normalized spacial score (nSPS) is 15.1. The van der Waals surface area contributed by atoms with Crippen LogP contribution in [-0.2, 0) is 20.8 Å². The third-order valence-electron chi connectivity index (χ3n) is 8.38. The summed E-state index contributed by atoms with van der Waals surface area (Å²) in [6, 6.07) is 16.7. The summed E-state index contributed by atoms with van der Waals surface area (Å²) in [4.78, 5) is 61.2. The molecule has 2 aliphatic heterocycles. The van der Waals surface area contributed by atoms with E-state index in [0.717, 1.165) is 32.3 Å². The number of anilines is 5. The summed E-state index contributed by atoms with van der Waals surface area (Å²) < 4.78 is 0. The van der Waals surface area contributed by atoms with Crippen molar-refractivity contribution in [1.82, 2.24) is 15.1 Å². The third-order valence-corrected chi connectivity index (χ3v) is 9.46. The number of rotatable bonds is 10. The Morgan fingerprint density at radius 2 is 1.58 bits per heavy atom. The van der Waals surface area contributed by atoms with Crippen LogP contribution in [0.4, 0.5) is 33.2 Å². The Balaban J connectivity index is 1.33. The van der Waals surface area contributed by atoms with E-state index in [1.54, 1.807) is 30.8 Å². The van der Waals surface area contributed by atoms with Crippen LogP contribution in [0.3, 0.4) is 0 Å². The van der Waals surface area contributed by atoms with E-state index < -0.39 is 12.1 Å². The van der Waals surface area contributed by atoms with Gasteiger partial charge in [0.2, 0.25) is 17.7 Å². The van der Waals surface area contributed by atoms with Crippen molar-refractivity contribution in [3.8, 4) is 0 Å². The molecule has 2 heterocycles. The molecule has 3 N–H and O–H groups in total. The summed E-state index contributed by atoms with van der Waals surface area (Å²) in [5.74, 6) is -0.806. The van der Waals surface area contributed by atoms with Crippen LogP contribution in [0.2, 0.25) is 0 Å². The van der Waals surface area contributed by atoms with Gasteiger partial charge in [0.1, 0.15) is 6.04 Å². The molecule has 0 spiro atoms. The van der Waals surface area contributed by atoms with Gasteiger partial charge in [-0.3, -0.25) is 14.4 Å². The van der Waals surface area contributed by atoms with Crippen LogP contribution in [0.25, 0.3) is 0 Å². The quantitative estimate of drug-likeness (QED) is 0.289. The van der Waals surface area contributed by atoms with Crippen LogP contribution in [-0.4, -0.2) is 107 Å². The van der Waals surface area contributed by atoms with Crippen molar-refractivity contribution in [2.24, 2.45) is 0 Å². The number of carbonyl (C=O) groups excluding carboxylic acids is 3. The predicted octanol–water partition coefficient (Wildman–Crippen LogP) is 4.30. The molecule has 3 aromatic rings. The highest BCUT2D eigenvalue weighted by Gasteiger charge is 2.34. The predicted molar refractivity (Wildman–Crippen MR) is 190 cm³/mol. The molecule has 5 rings (SSSR count). The Bertz CT molecular complexity index is 1710. The minimum absolute atomic E-state index is 0.148. The Morgan fingerprint density at radius 1 is 0.896 bits per heavy atom. The average molecular weight is 674 g/mol. The van der Waals surface area contributed by atoms with Crippen molar-refractivity contribution in [2.45, 2.75) is 35.1 Å². The van der Waals surface area contributed by atoms with E-state index in [1.165, 1.54) is 9.80 Å². The van der Waals surface area contributed by atoms with E-state index >= 15 is 0 Å². The molecule has 1 fully saturated rings. The van der Waals surface area contributed by atoms with Gasteiger partial charge in [-0.25, -0.2) is 9.69 Å². The van der Waals surface area contributed by atoms with Crippen LogP contribution in [0, 0.1) is 0 Å². The fraction of sp³-hybridized carbons (Fsp3) is 0.371. The topological polar surface area (TPSA) is 129 Å². The summed E-state index contributed by atoms with van der Waals surface area (Å²) in [6.45, 7) is 0.492. The van der Waals surface area contributed by atoms with Gasteiger partial charge < -0.3 is 35.3 Å². The highest BCUT2D eigenvalue weighted by Crippen LogP contribution is 2.52. The second-order valence-electron chi connectivity index (χ2n) is 12.7. The lowest BCUT2D eigenvalue weighted by Gasteiger charge is -2.33. The highest BCUT2D eigenvalue weighted by atomic mass is 32.2. The number of nitrogens with one attached hydrogen (secondary N) is 2. The van der Waals surface area contributed by atoms with Crippen LogP contribution in [0.1, 0.15) is 24.0 Å². The smallest absolute Gasteiger partial charge is 0.416 e. The number of likely N-dealkylation sites (tertiary alicyclic amines) is 1. The van der Waals surface area contributed by atoms with E-state index in [0.29, 0.717) is 42.9 Å². The monoisotopic (exact) mass is 673 g/mol. The minimum atomic E-state index is -1.05. The van der Waals surface area contributed by atoms with Crippen molar-refractivity contribution in [1.29, 1.82) is 0 Å². The molecular formula is C35H43N7O5S. The van der Waals surface area contributed by atoms with Crippen molar-refractivity contribution in [3.05, 3.63) is 65.7 Å². The number of carboxylic acid groups (broad SMARTS) is 1. The Morgan fingerprint density at radius 3 is 2.23 bits per heavy atom. The molecule has 0 radical (unpaired) electrons. The number of hydrogen-bond acceptors (Lipinski definition) is 8. The lowest BCUT2D eigenvalue weighted by molar-refractivity contribution is -0.137. The zero-order valence-electron chi connectivity index (χ0n) is 28.2. The molecule has 3 aromatic carbocycles. The van der Waals surface area contributed by atoms with Gasteiger partial charge in [-0.05, 0) is 86.9 Å². The first kappa shape index (κ1) is 34.6. The highest BCUT2D eigenvalue weighted by molar-refractivity contribution is 7.99. The van der Waals surface area contributed by atoms with Crippen molar-refractivity contribution < 1.29 is 24.3 Å². The van der Waals surface area contributed by atoms with Crippen LogP contribution >= 0.6 is 11.8 Å². The van der Waals surface area contributed by atoms with Gasteiger partial charge in [-0.1, -0.05) is 23.9 Å². The number of hydrogen-bond donors (Lipinski definition) is 3. The van der Waals surface area contributed by atoms with Crippen molar-refractivity contribution in [2.75, 3.05) is 81.9 Å². The number of likely N-dealkylation sites (N-methyl/N-ethyl adjacent to an activating group) is 1. The molecule has 254 valence electrons. The average Bonchev–Trinajstić information content (AvgIpc) is 3.53. The van der Waals surface area contributed by atoms with Crippen LogP contribution < -0.4 is 25.3 Å². The molecule has 0 aliphatic carbocycles. The number of amides is 4. The van der Waals surface area contributed by atoms with E-state index in [1.807, 2.05) is 92.6 Å². The molecule has 13 heteroatoms.